The van der Waals surface area contributed by atoms with E-state index in [1.165, 1.54) is 11.3 Å². The van der Waals surface area contributed by atoms with Gasteiger partial charge in [0, 0.05) is 25.7 Å². The summed E-state index contributed by atoms with van der Waals surface area (Å²) < 4.78 is 0. The number of hydrogen-bond acceptors (Lipinski definition) is 6. The summed E-state index contributed by atoms with van der Waals surface area (Å²) in [6.07, 6.45) is 1.70. The highest BCUT2D eigenvalue weighted by atomic mass is 32.1. The molecule has 1 aromatic heterocycles. The Hall–Kier alpha value is -1.34. The van der Waals surface area contributed by atoms with Crippen molar-refractivity contribution in [2.24, 2.45) is 5.92 Å². The third kappa shape index (κ3) is 3.40. The molecule has 2 heterocycles. The lowest BCUT2D eigenvalue weighted by molar-refractivity contribution is 0.0790. The number of hydrogen-bond donors (Lipinski definition) is 3. The topological polar surface area (TPSA) is 91.5 Å². The van der Waals surface area contributed by atoms with Gasteiger partial charge in [-0.1, -0.05) is 11.3 Å². The van der Waals surface area contributed by atoms with Crippen molar-refractivity contribution in [1.29, 1.82) is 0 Å². The second-order valence-electron chi connectivity index (χ2n) is 5.45. The predicted octanol–water partition coefficient (Wildman–Crippen LogP) is 1.39. The van der Waals surface area contributed by atoms with Gasteiger partial charge in [-0.3, -0.25) is 4.79 Å². The second-order valence-corrected chi connectivity index (χ2v) is 6.45. The lowest BCUT2D eigenvalue weighted by Gasteiger charge is -2.15. The zero-order valence-corrected chi connectivity index (χ0v) is 12.7. The molecule has 0 radical (unpaired) electrons. The van der Waals surface area contributed by atoms with E-state index in [4.69, 9.17) is 10.8 Å². The molecule has 112 valence electrons. The quantitative estimate of drug-likeness (QED) is 0.764. The van der Waals surface area contributed by atoms with E-state index in [-0.39, 0.29) is 18.6 Å². The first-order valence-electron chi connectivity index (χ1n) is 6.94. The molecule has 1 unspecified atom stereocenters. The van der Waals surface area contributed by atoms with Gasteiger partial charge in [-0.05, 0) is 32.6 Å². The molecule has 0 spiro atoms. The molecule has 1 aliphatic heterocycles. The Morgan fingerprint density at radius 1 is 1.65 bits per heavy atom. The Morgan fingerprint density at radius 2 is 2.40 bits per heavy atom. The number of aliphatic hydroxyl groups is 1. The molecule has 0 saturated carbocycles. The number of nitrogen functional groups attached to an aromatic ring is 1. The van der Waals surface area contributed by atoms with Gasteiger partial charge in [0.05, 0.1) is 0 Å². The van der Waals surface area contributed by atoms with Crippen molar-refractivity contribution in [2.45, 2.75) is 32.7 Å². The van der Waals surface area contributed by atoms with Crippen molar-refractivity contribution in [3.63, 3.8) is 0 Å². The van der Waals surface area contributed by atoms with Gasteiger partial charge in [-0.25, -0.2) is 4.98 Å². The lowest BCUT2D eigenvalue weighted by Crippen LogP contribution is -2.28. The van der Waals surface area contributed by atoms with E-state index in [1.807, 2.05) is 18.7 Å². The Bertz CT molecular complexity index is 475. The van der Waals surface area contributed by atoms with E-state index in [9.17, 15) is 4.79 Å². The second kappa shape index (κ2) is 6.41. The number of aliphatic hydroxyl groups excluding tert-OH is 1. The van der Waals surface area contributed by atoms with Crippen LogP contribution in [0.3, 0.4) is 0 Å². The summed E-state index contributed by atoms with van der Waals surface area (Å²) in [4.78, 5) is 19.0. The number of carbonyl (C=O) groups excluding carboxylic acids is 1. The highest BCUT2D eigenvalue weighted by Gasteiger charge is 2.29. The van der Waals surface area contributed by atoms with Crippen LogP contribution in [0.2, 0.25) is 0 Å². The first kappa shape index (κ1) is 15.1. The van der Waals surface area contributed by atoms with E-state index in [0.717, 1.165) is 19.4 Å². The number of nitrogens with zero attached hydrogens (tertiary/aromatic N) is 2. The Balaban J connectivity index is 2.04. The highest BCUT2D eigenvalue weighted by molar-refractivity contribution is 7.18. The van der Waals surface area contributed by atoms with Crippen LogP contribution in [0.5, 0.6) is 0 Å². The molecule has 1 aromatic rings. The van der Waals surface area contributed by atoms with Crippen LogP contribution in [0.15, 0.2) is 0 Å². The van der Waals surface area contributed by atoms with Crippen molar-refractivity contribution in [2.75, 3.05) is 30.7 Å². The molecular weight excluding hydrogens is 276 g/mol. The van der Waals surface area contributed by atoms with Gasteiger partial charge in [-0.2, -0.15) is 0 Å². The summed E-state index contributed by atoms with van der Waals surface area (Å²) >= 11 is 1.31. The molecule has 1 saturated heterocycles. The fraction of sp³-hybridized carbons (Fsp3) is 0.692. The molecule has 7 heteroatoms. The Labute approximate surface area is 123 Å². The van der Waals surface area contributed by atoms with Crippen molar-refractivity contribution in [1.82, 2.24) is 9.88 Å². The smallest absolute Gasteiger partial charge is 0.267 e. The maximum absolute atomic E-state index is 12.4. The summed E-state index contributed by atoms with van der Waals surface area (Å²) in [5, 5.41) is 12.8. The summed E-state index contributed by atoms with van der Waals surface area (Å²) in [6, 6.07) is 0.254. The Kier molecular flexibility index (Phi) is 4.82. The normalized spacial score (nSPS) is 18.8. The minimum Gasteiger partial charge on any atom is -0.396 e. The van der Waals surface area contributed by atoms with Gasteiger partial charge in [-0.15, -0.1) is 0 Å². The van der Waals surface area contributed by atoms with Crippen LogP contribution in [0, 0.1) is 5.92 Å². The van der Waals surface area contributed by atoms with Crippen LogP contribution in [-0.2, 0) is 0 Å². The summed E-state index contributed by atoms with van der Waals surface area (Å²) in [5.41, 5.74) is 5.85. The summed E-state index contributed by atoms with van der Waals surface area (Å²) in [6.45, 7) is 5.63. The number of nitrogens with one attached hydrogen (secondary N) is 1. The average Bonchev–Trinajstić information content (AvgIpc) is 2.95. The lowest BCUT2D eigenvalue weighted by atomic mass is 10.1. The molecule has 0 aliphatic carbocycles. The molecule has 2 rings (SSSR count). The SMILES string of the molecule is CC(C)Nc1nc(N)c(C(=O)N2CCC(CCO)C2)s1. The van der Waals surface area contributed by atoms with Crippen molar-refractivity contribution < 1.29 is 9.90 Å². The van der Waals surface area contributed by atoms with Gasteiger partial charge in [0.25, 0.3) is 5.91 Å². The van der Waals surface area contributed by atoms with Gasteiger partial charge < -0.3 is 21.1 Å². The molecular formula is C13H22N4O2S. The zero-order chi connectivity index (χ0) is 14.7. The molecule has 1 amide bonds. The maximum atomic E-state index is 12.4. The highest BCUT2D eigenvalue weighted by Crippen LogP contribution is 2.29. The monoisotopic (exact) mass is 298 g/mol. The van der Waals surface area contributed by atoms with Crippen LogP contribution in [0.4, 0.5) is 10.9 Å². The largest absolute Gasteiger partial charge is 0.396 e. The number of carbonyl (C=O) groups is 1. The third-order valence-electron chi connectivity index (χ3n) is 3.37. The maximum Gasteiger partial charge on any atom is 0.267 e. The van der Waals surface area contributed by atoms with Crippen LogP contribution in [0.1, 0.15) is 36.4 Å². The van der Waals surface area contributed by atoms with Crippen molar-refractivity contribution in [3.05, 3.63) is 4.88 Å². The molecule has 1 fully saturated rings. The fourth-order valence-corrected chi connectivity index (χ4v) is 3.37. The van der Waals surface area contributed by atoms with Crippen LogP contribution in [0.25, 0.3) is 0 Å². The fourth-order valence-electron chi connectivity index (χ4n) is 2.37. The minimum absolute atomic E-state index is 0.0442. The predicted molar refractivity (Wildman–Crippen MR) is 81.0 cm³/mol. The standard InChI is InChI=1S/C13H22N4O2S/c1-8(2)15-13-16-11(14)10(20-13)12(19)17-5-3-9(7-17)4-6-18/h8-9,18H,3-7,14H2,1-2H3,(H,15,16). The molecule has 1 aliphatic rings. The average molecular weight is 298 g/mol. The minimum atomic E-state index is -0.0442. The summed E-state index contributed by atoms with van der Waals surface area (Å²) in [5.74, 6) is 0.650. The number of thiazole rings is 1. The van der Waals surface area contributed by atoms with Gasteiger partial charge in [0.1, 0.15) is 10.7 Å². The molecule has 0 aromatic carbocycles. The van der Waals surface area contributed by atoms with E-state index in [2.05, 4.69) is 10.3 Å². The van der Waals surface area contributed by atoms with E-state index >= 15 is 0 Å². The van der Waals surface area contributed by atoms with E-state index < -0.39 is 0 Å². The van der Waals surface area contributed by atoms with Gasteiger partial charge in [0.2, 0.25) is 0 Å². The van der Waals surface area contributed by atoms with Crippen molar-refractivity contribution >= 4 is 28.2 Å². The van der Waals surface area contributed by atoms with Crippen molar-refractivity contribution in [3.8, 4) is 0 Å². The number of aromatic nitrogens is 1. The van der Waals surface area contributed by atoms with E-state index in [0.29, 0.717) is 28.3 Å². The summed E-state index contributed by atoms with van der Waals surface area (Å²) in [7, 11) is 0. The molecule has 1 atom stereocenters. The van der Waals surface area contributed by atoms with Gasteiger partial charge in [0.15, 0.2) is 5.13 Å². The number of rotatable bonds is 5. The Morgan fingerprint density at radius 3 is 3.05 bits per heavy atom. The number of nitrogens with two attached hydrogens (primary N) is 1. The first-order valence-corrected chi connectivity index (χ1v) is 7.76. The van der Waals surface area contributed by atoms with Crippen LogP contribution in [-0.4, -0.2) is 46.6 Å². The number of likely N-dealkylation sites (tertiary alicyclic amines) is 1. The third-order valence-corrected chi connectivity index (χ3v) is 4.36. The van der Waals surface area contributed by atoms with Gasteiger partial charge >= 0.3 is 0 Å². The molecule has 0 bridgehead atoms. The number of amides is 1. The number of anilines is 2. The molecule has 4 N–H and O–H groups in total. The first-order chi connectivity index (χ1) is 9.51. The zero-order valence-electron chi connectivity index (χ0n) is 11.9. The molecule has 6 nitrogen and oxygen atoms in total. The van der Waals surface area contributed by atoms with Crippen LogP contribution < -0.4 is 11.1 Å². The van der Waals surface area contributed by atoms with E-state index in [1.54, 1.807) is 0 Å². The van der Waals surface area contributed by atoms with Crippen LogP contribution >= 0.6 is 11.3 Å². The molecule has 20 heavy (non-hydrogen) atoms.